The lowest BCUT2D eigenvalue weighted by molar-refractivity contribution is -0.275. The fraction of sp³-hybridized carbons (Fsp3) is 0.444. The first-order valence-corrected chi connectivity index (χ1v) is 4.94. The van der Waals surface area contributed by atoms with Crippen molar-refractivity contribution in [3.05, 3.63) is 17.3 Å². The highest BCUT2D eigenvalue weighted by Gasteiger charge is 2.32. The maximum atomic E-state index is 12.1. The first-order chi connectivity index (χ1) is 7.91. The third-order valence-corrected chi connectivity index (χ3v) is 2.07. The van der Waals surface area contributed by atoms with Crippen LogP contribution in [0, 0.1) is 0 Å². The van der Waals surface area contributed by atoms with Crippen LogP contribution in [0.15, 0.2) is 6.07 Å². The predicted molar refractivity (Wildman–Crippen MR) is 53.0 cm³/mol. The van der Waals surface area contributed by atoms with E-state index in [0.29, 0.717) is 0 Å². The zero-order valence-electron chi connectivity index (χ0n) is 8.71. The molecule has 1 aromatic heterocycles. The summed E-state index contributed by atoms with van der Waals surface area (Å²) in [6, 6.07) is 0.997. The molecule has 4 nitrogen and oxygen atoms in total. The van der Waals surface area contributed by atoms with Crippen molar-refractivity contribution in [2.24, 2.45) is 0 Å². The Morgan fingerprint density at radius 3 is 2.53 bits per heavy atom. The normalized spacial score (nSPS) is 11.4. The van der Waals surface area contributed by atoms with E-state index in [4.69, 9.17) is 21.4 Å². The molecular weight excluding hydrogens is 263 g/mol. The number of aromatic nitrogens is 1. The van der Waals surface area contributed by atoms with Crippen LogP contribution in [-0.4, -0.2) is 23.6 Å². The minimum Gasteiger partial charge on any atom is -0.481 e. The van der Waals surface area contributed by atoms with Crippen molar-refractivity contribution in [1.82, 2.24) is 4.98 Å². The number of aliphatic hydroxyl groups is 1. The highest BCUT2D eigenvalue weighted by Crippen LogP contribution is 2.30. The quantitative estimate of drug-likeness (QED) is 0.853. The molecule has 0 radical (unpaired) electrons. The summed E-state index contributed by atoms with van der Waals surface area (Å²) in [7, 11) is 1.28. The van der Waals surface area contributed by atoms with Crippen LogP contribution in [0.3, 0.4) is 0 Å². The molecule has 17 heavy (non-hydrogen) atoms. The average Bonchev–Trinajstić information content (AvgIpc) is 2.26. The fourth-order valence-corrected chi connectivity index (χ4v) is 1.34. The molecule has 1 aromatic rings. The third-order valence-electron chi connectivity index (χ3n) is 1.82. The summed E-state index contributed by atoms with van der Waals surface area (Å²) in [5.74, 6) is -0.803. The van der Waals surface area contributed by atoms with E-state index in [0.717, 1.165) is 6.07 Å². The van der Waals surface area contributed by atoms with E-state index in [1.54, 1.807) is 0 Å². The second-order valence-corrected chi connectivity index (χ2v) is 3.21. The number of rotatable bonds is 4. The monoisotopic (exact) mass is 271 g/mol. The molecule has 0 bridgehead atoms. The Hall–Kier alpha value is -1.21. The van der Waals surface area contributed by atoms with E-state index < -0.39 is 18.7 Å². The zero-order chi connectivity index (χ0) is 13.1. The van der Waals surface area contributed by atoms with Gasteiger partial charge < -0.3 is 14.6 Å². The van der Waals surface area contributed by atoms with Crippen LogP contribution in [0.2, 0.25) is 0 Å². The maximum Gasteiger partial charge on any atom is 0.573 e. The molecule has 96 valence electrons. The Kier molecular flexibility index (Phi) is 4.41. The molecule has 0 aliphatic carbocycles. The van der Waals surface area contributed by atoms with Gasteiger partial charge >= 0.3 is 6.36 Å². The van der Waals surface area contributed by atoms with E-state index in [1.165, 1.54) is 7.11 Å². The topological polar surface area (TPSA) is 51.6 Å². The van der Waals surface area contributed by atoms with Gasteiger partial charge in [0.05, 0.1) is 19.6 Å². The summed E-state index contributed by atoms with van der Waals surface area (Å²) in [5.41, 5.74) is -0.0290. The number of halogens is 4. The molecule has 0 fully saturated rings. The van der Waals surface area contributed by atoms with Crippen LogP contribution in [0.4, 0.5) is 13.2 Å². The van der Waals surface area contributed by atoms with Crippen molar-refractivity contribution in [3.63, 3.8) is 0 Å². The predicted octanol–water partition coefficient (Wildman–Crippen LogP) is 2.22. The Morgan fingerprint density at radius 2 is 2.12 bits per heavy atom. The van der Waals surface area contributed by atoms with Gasteiger partial charge in [-0.1, -0.05) is 0 Å². The van der Waals surface area contributed by atoms with Crippen molar-refractivity contribution in [2.45, 2.75) is 18.8 Å². The summed E-state index contributed by atoms with van der Waals surface area (Å²) in [6.45, 7) is -0.521. The number of hydrogen-bond acceptors (Lipinski definition) is 4. The summed E-state index contributed by atoms with van der Waals surface area (Å²) >= 11 is 5.46. The number of ether oxygens (including phenoxy) is 2. The Balaban J connectivity index is 3.19. The minimum absolute atomic E-state index is 0.0117. The fourth-order valence-electron chi connectivity index (χ4n) is 1.15. The SMILES string of the molecule is COc1nc(CCl)c(OC(F)(F)F)cc1CO. The lowest BCUT2D eigenvalue weighted by Crippen LogP contribution is -2.18. The van der Waals surface area contributed by atoms with Crippen LogP contribution in [-0.2, 0) is 12.5 Å². The van der Waals surface area contributed by atoms with E-state index in [2.05, 4.69) is 9.72 Å². The largest absolute Gasteiger partial charge is 0.573 e. The molecule has 1 rings (SSSR count). The van der Waals surface area contributed by atoms with Crippen LogP contribution >= 0.6 is 11.6 Å². The van der Waals surface area contributed by atoms with Crippen molar-refractivity contribution in [1.29, 1.82) is 0 Å². The molecule has 0 amide bonds. The summed E-state index contributed by atoms with van der Waals surface area (Å²) in [6.07, 6.45) is -4.84. The van der Waals surface area contributed by atoms with Crippen LogP contribution < -0.4 is 9.47 Å². The number of alkyl halides is 4. The highest BCUT2D eigenvalue weighted by molar-refractivity contribution is 6.17. The van der Waals surface area contributed by atoms with Crippen LogP contribution in [0.5, 0.6) is 11.6 Å². The van der Waals surface area contributed by atoms with Crippen molar-refractivity contribution < 1.29 is 27.8 Å². The minimum atomic E-state index is -4.84. The molecular formula is C9H9ClF3NO3. The molecule has 0 saturated carbocycles. The van der Waals surface area contributed by atoms with Gasteiger partial charge in [0.1, 0.15) is 5.69 Å². The number of pyridine rings is 1. The Morgan fingerprint density at radius 1 is 1.47 bits per heavy atom. The van der Waals surface area contributed by atoms with E-state index >= 15 is 0 Å². The van der Waals surface area contributed by atoms with Crippen molar-refractivity contribution in [3.8, 4) is 11.6 Å². The Labute approximate surface area is 99.9 Å². The molecule has 0 aromatic carbocycles. The highest BCUT2D eigenvalue weighted by atomic mass is 35.5. The summed E-state index contributed by atoms with van der Waals surface area (Å²) < 4.78 is 44.8. The third kappa shape index (κ3) is 3.64. The van der Waals surface area contributed by atoms with Gasteiger partial charge in [0.25, 0.3) is 0 Å². The van der Waals surface area contributed by atoms with Crippen molar-refractivity contribution >= 4 is 11.6 Å². The lowest BCUT2D eigenvalue weighted by atomic mass is 10.2. The van der Waals surface area contributed by atoms with Gasteiger partial charge in [0.15, 0.2) is 5.75 Å². The molecule has 0 spiro atoms. The zero-order valence-corrected chi connectivity index (χ0v) is 9.47. The van der Waals surface area contributed by atoms with E-state index in [1.807, 2.05) is 0 Å². The second kappa shape index (κ2) is 5.42. The van der Waals surface area contributed by atoms with Gasteiger partial charge in [0, 0.05) is 5.56 Å². The van der Waals surface area contributed by atoms with Gasteiger partial charge in [-0.2, -0.15) is 0 Å². The average molecular weight is 272 g/mol. The van der Waals surface area contributed by atoms with Gasteiger partial charge in [-0.05, 0) is 6.07 Å². The molecule has 0 saturated heterocycles. The lowest BCUT2D eigenvalue weighted by Gasteiger charge is -2.14. The van der Waals surface area contributed by atoms with E-state index in [-0.39, 0.29) is 23.0 Å². The number of hydrogen-bond donors (Lipinski definition) is 1. The van der Waals surface area contributed by atoms with Crippen LogP contribution in [0.1, 0.15) is 11.3 Å². The smallest absolute Gasteiger partial charge is 0.481 e. The number of methoxy groups -OCH3 is 1. The van der Waals surface area contributed by atoms with E-state index in [9.17, 15) is 13.2 Å². The maximum absolute atomic E-state index is 12.1. The molecule has 0 unspecified atom stereocenters. The molecule has 1 N–H and O–H groups in total. The van der Waals surface area contributed by atoms with Gasteiger partial charge in [-0.3, -0.25) is 0 Å². The summed E-state index contributed by atoms with van der Waals surface area (Å²) in [4.78, 5) is 3.73. The van der Waals surface area contributed by atoms with Crippen molar-refractivity contribution in [2.75, 3.05) is 7.11 Å². The molecule has 0 atom stereocenters. The first-order valence-electron chi connectivity index (χ1n) is 4.40. The first kappa shape index (κ1) is 13.9. The molecule has 0 aliphatic rings. The molecule has 0 aliphatic heterocycles. The van der Waals surface area contributed by atoms with Gasteiger partial charge in [0.2, 0.25) is 5.88 Å². The summed E-state index contributed by atoms with van der Waals surface area (Å²) in [5, 5.41) is 8.95. The second-order valence-electron chi connectivity index (χ2n) is 2.94. The standard InChI is InChI=1S/C9H9ClF3NO3/c1-16-8-5(4-15)2-7(6(3-10)14-8)17-9(11,12)13/h2,15H,3-4H2,1H3. The molecule has 1 heterocycles. The van der Waals surface area contributed by atoms with Crippen LogP contribution in [0.25, 0.3) is 0 Å². The number of aliphatic hydroxyl groups excluding tert-OH is 1. The van der Waals surface area contributed by atoms with Gasteiger partial charge in [-0.15, -0.1) is 24.8 Å². The number of nitrogens with zero attached hydrogens (tertiary/aromatic N) is 1. The molecule has 8 heteroatoms. The van der Waals surface area contributed by atoms with Gasteiger partial charge in [-0.25, -0.2) is 4.98 Å². The Bertz CT molecular complexity index is 398.